The number of Topliss-reactive ketones (excluding diaryl/α,β-unsaturated/α-hetero) is 1. The highest BCUT2D eigenvalue weighted by atomic mass is 19.1. The van der Waals surface area contributed by atoms with Crippen molar-refractivity contribution in [3.05, 3.63) is 53.1 Å². The summed E-state index contributed by atoms with van der Waals surface area (Å²) >= 11 is 0. The summed E-state index contributed by atoms with van der Waals surface area (Å²) in [5.41, 5.74) is 0.524. The first-order valence-corrected chi connectivity index (χ1v) is 9.59. The molecular weight excluding hydrogens is 396 g/mol. The fourth-order valence-electron chi connectivity index (χ4n) is 3.34. The summed E-state index contributed by atoms with van der Waals surface area (Å²) in [5.74, 6) is -0.187. The lowest BCUT2D eigenvalue weighted by molar-refractivity contribution is -0.0507. The van der Waals surface area contributed by atoms with Crippen LogP contribution < -0.4 is 14.2 Å². The van der Waals surface area contributed by atoms with Crippen LogP contribution in [-0.4, -0.2) is 57.3 Å². The second kappa shape index (κ2) is 9.86. The quantitative estimate of drug-likeness (QED) is 0.609. The third kappa shape index (κ3) is 5.25. The molecule has 0 saturated carbocycles. The molecule has 1 aliphatic rings. The zero-order valence-electron chi connectivity index (χ0n) is 17.2. The van der Waals surface area contributed by atoms with Crippen molar-refractivity contribution >= 4 is 5.78 Å². The SMILES string of the molecule is COc1cc(F)c(CN2CCOC(COc3ccc(C(C)=O)c(F)c3)C2)cc1OC. The third-order valence-corrected chi connectivity index (χ3v) is 4.93. The number of ether oxygens (including phenoxy) is 4. The average molecular weight is 421 g/mol. The first-order valence-electron chi connectivity index (χ1n) is 9.59. The number of halogens is 2. The van der Waals surface area contributed by atoms with Crippen LogP contribution in [0.3, 0.4) is 0 Å². The Hall–Kier alpha value is -2.71. The van der Waals surface area contributed by atoms with E-state index < -0.39 is 5.82 Å². The molecule has 0 amide bonds. The molecule has 0 spiro atoms. The highest BCUT2D eigenvalue weighted by Crippen LogP contribution is 2.30. The average Bonchev–Trinajstić information content (AvgIpc) is 2.73. The van der Waals surface area contributed by atoms with Crippen molar-refractivity contribution < 1.29 is 32.5 Å². The van der Waals surface area contributed by atoms with Crippen LogP contribution in [-0.2, 0) is 11.3 Å². The van der Waals surface area contributed by atoms with Gasteiger partial charge in [0.15, 0.2) is 17.3 Å². The predicted octanol–water partition coefficient (Wildman–Crippen LogP) is 3.46. The van der Waals surface area contributed by atoms with Crippen molar-refractivity contribution in [2.45, 2.75) is 19.6 Å². The Bertz CT molecular complexity index is 905. The summed E-state index contributed by atoms with van der Waals surface area (Å²) in [4.78, 5) is 13.4. The highest BCUT2D eigenvalue weighted by Gasteiger charge is 2.23. The maximum atomic E-state index is 14.4. The predicted molar refractivity (Wildman–Crippen MR) is 106 cm³/mol. The van der Waals surface area contributed by atoms with Gasteiger partial charge in [0.05, 0.1) is 26.4 Å². The molecule has 6 nitrogen and oxygen atoms in total. The van der Waals surface area contributed by atoms with Gasteiger partial charge in [-0.3, -0.25) is 9.69 Å². The molecule has 0 N–H and O–H groups in total. The number of carbonyl (C=O) groups excluding carboxylic acids is 1. The van der Waals surface area contributed by atoms with Crippen molar-refractivity contribution in [3.63, 3.8) is 0 Å². The fourth-order valence-corrected chi connectivity index (χ4v) is 3.34. The van der Waals surface area contributed by atoms with Crippen molar-refractivity contribution in [2.24, 2.45) is 0 Å². The van der Waals surface area contributed by atoms with E-state index in [4.69, 9.17) is 18.9 Å². The van der Waals surface area contributed by atoms with E-state index in [2.05, 4.69) is 4.90 Å². The molecule has 30 heavy (non-hydrogen) atoms. The Morgan fingerprint density at radius 1 is 1.13 bits per heavy atom. The number of morpholine rings is 1. The van der Waals surface area contributed by atoms with Crippen molar-refractivity contribution in [2.75, 3.05) is 40.5 Å². The second-order valence-electron chi connectivity index (χ2n) is 7.04. The first kappa shape index (κ1) is 22.0. The molecule has 3 rings (SSSR count). The largest absolute Gasteiger partial charge is 0.493 e. The minimum atomic E-state index is -0.616. The highest BCUT2D eigenvalue weighted by molar-refractivity contribution is 5.94. The summed E-state index contributed by atoms with van der Waals surface area (Å²) in [6.07, 6.45) is -0.252. The number of nitrogens with zero attached hydrogens (tertiary/aromatic N) is 1. The molecule has 1 atom stereocenters. The normalized spacial score (nSPS) is 16.9. The molecule has 1 aliphatic heterocycles. The van der Waals surface area contributed by atoms with Crippen LogP contribution in [0, 0.1) is 11.6 Å². The van der Waals surface area contributed by atoms with Gasteiger partial charge in [-0.05, 0) is 25.1 Å². The minimum absolute atomic E-state index is 0.0272. The lowest BCUT2D eigenvalue weighted by Crippen LogP contribution is -2.44. The zero-order chi connectivity index (χ0) is 21.7. The van der Waals surface area contributed by atoms with Crippen molar-refractivity contribution in [3.8, 4) is 17.2 Å². The van der Waals surface area contributed by atoms with Crippen LogP contribution in [0.25, 0.3) is 0 Å². The van der Waals surface area contributed by atoms with Crippen LogP contribution in [0.4, 0.5) is 8.78 Å². The van der Waals surface area contributed by atoms with Crippen LogP contribution >= 0.6 is 0 Å². The number of benzene rings is 2. The van der Waals surface area contributed by atoms with E-state index in [0.29, 0.717) is 49.1 Å². The molecule has 0 bridgehead atoms. The number of hydrogen-bond acceptors (Lipinski definition) is 6. The topological polar surface area (TPSA) is 57.2 Å². The first-order chi connectivity index (χ1) is 14.4. The number of ketones is 1. The fraction of sp³-hybridized carbons (Fsp3) is 0.409. The van der Waals surface area contributed by atoms with E-state index in [1.165, 1.54) is 39.3 Å². The van der Waals surface area contributed by atoms with Gasteiger partial charge in [0.2, 0.25) is 0 Å². The summed E-state index contributed by atoms with van der Waals surface area (Å²) in [6, 6.07) is 7.10. The van der Waals surface area contributed by atoms with Crippen LogP contribution in [0.1, 0.15) is 22.8 Å². The Balaban J connectivity index is 1.59. The molecule has 1 fully saturated rings. The van der Waals surface area contributed by atoms with Gasteiger partial charge in [-0.1, -0.05) is 0 Å². The molecule has 162 valence electrons. The van der Waals surface area contributed by atoms with Gasteiger partial charge in [0, 0.05) is 37.3 Å². The van der Waals surface area contributed by atoms with Gasteiger partial charge in [0.1, 0.15) is 30.1 Å². The standard InChI is InChI=1S/C22H25F2NO5/c1-14(26)18-5-4-16(9-20(18)24)30-13-17-12-25(6-7-29-17)11-15-8-21(27-2)22(28-3)10-19(15)23/h4-5,8-10,17H,6-7,11-13H2,1-3H3. The lowest BCUT2D eigenvalue weighted by atomic mass is 10.1. The second-order valence-corrected chi connectivity index (χ2v) is 7.04. The Labute approximate surface area is 174 Å². The van der Waals surface area contributed by atoms with E-state index in [0.717, 1.165) is 0 Å². The lowest BCUT2D eigenvalue weighted by Gasteiger charge is -2.33. The number of carbonyl (C=O) groups is 1. The summed E-state index contributed by atoms with van der Waals surface area (Å²) in [6.45, 7) is 3.55. The van der Waals surface area contributed by atoms with E-state index in [1.54, 1.807) is 12.1 Å². The summed E-state index contributed by atoms with van der Waals surface area (Å²) in [5, 5.41) is 0. The van der Waals surface area contributed by atoms with E-state index in [1.807, 2.05) is 0 Å². The summed E-state index contributed by atoms with van der Waals surface area (Å²) in [7, 11) is 2.97. The molecule has 0 radical (unpaired) electrons. The smallest absolute Gasteiger partial charge is 0.163 e. The Morgan fingerprint density at radius 3 is 2.53 bits per heavy atom. The molecular formula is C22H25F2NO5. The van der Waals surface area contributed by atoms with E-state index >= 15 is 0 Å². The molecule has 0 aliphatic carbocycles. The van der Waals surface area contributed by atoms with Crippen LogP contribution in [0.2, 0.25) is 0 Å². The van der Waals surface area contributed by atoms with Crippen LogP contribution in [0.15, 0.2) is 30.3 Å². The van der Waals surface area contributed by atoms with Gasteiger partial charge in [0.25, 0.3) is 0 Å². The van der Waals surface area contributed by atoms with Crippen LogP contribution in [0.5, 0.6) is 17.2 Å². The Morgan fingerprint density at radius 2 is 1.87 bits per heavy atom. The molecule has 1 unspecified atom stereocenters. The third-order valence-electron chi connectivity index (χ3n) is 4.93. The van der Waals surface area contributed by atoms with Gasteiger partial charge in [-0.15, -0.1) is 0 Å². The number of methoxy groups -OCH3 is 2. The summed E-state index contributed by atoms with van der Waals surface area (Å²) < 4.78 is 50.1. The van der Waals surface area contributed by atoms with Gasteiger partial charge in [-0.2, -0.15) is 0 Å². The number of rotatable bonds is 8. The van der Waals surface area contributed by atoms with E-state index in [9.17, 15) is 13.6 Å². The van der Waals surface area contributed by atoms with Gasteiger partial charge < -0.3 is 18.9 Å². The van der Waals surface area contributed by atoms with Crippen molar-refractivity contribution in [1.29, 1.82) is 0 Å². The van der Waals surface area contributed by atoms with Crippen molar-refractivity contribution in [1.82, 2.24) is 4.90 Å². The molecule has 2 aromatic rings. The van der Waals surface area contributed by atoms with Gasteiger partial charge in [-0.25, -0.2) is 8.78 Å². The van der Waals surface area contributed by atoms with Gasteiger partial charge >= 0.3 is 0 Å². The number of hydrogen-bond donors (Lipinski definition) is 0. The van der Waals surface area contributed by atoms with E-state index in [-0.39, 0.29) is 29.9 Å². The zero-order valence-corrected chi connectivity index (χ0v) is 17.2. The maximum absolute atomic E-state index is 14.4. The molecule has 0 aromatic heterocycles. The molecule has 8 heteroatoms. The molecule has 1 heterocycles. The molecule has 2 aromatic carbocycles. The monoisotopic (exact) mass is 421 g/mol. The Kier molecular flexibility index (Phi) is 7.23. The maximum Gasteiger partial charge on any atom is 0.163 e. The minimum Gasteiger partial charge on any atom is -0.493 e. The molecule has 1 saturated heterocycles.